The third-order valence-electron chi connectivity index (χ3n) is 3.63. The van der Waals surface area contributed by atoms with Crippen LogP contribution in [0.25, 0.3) is 0 Å². The number of hydrogen-bond acceptors (Lipinski definition) is 7. The van der Waals surface area contributed by atoms with Crippen molar-refractivity contribution in [3.8, 4) is 5.75 Å². The Morgan fingerprint density at radius 1 is 1.00 bits per heavy atom. The molecule has 0 N–H and O–H groups in total. The highest BCUT2D eigenvalue weighted by Crippen LogP contribution is 2.26. The molecule has 26 heavy (non-hydrogen) atoms. The molecule has 1 aromatic carbocycles. The summed E-state index contributed by atoms with van der Waals surface area (Å²) >= 11 is 0. The van der Waals surface area contributed by atoms with Gasteiger partial charge in [-0.2, -0.15) is 0 Å². The minimum Gasteiger partial charge on any atom is -0.497 e. The predicted octanol–water partition coefficient (Wildman–Crippen LogP) is 2.17. The molecule has 8 nitrogen and oxygen atoms in total. The van der Waals surface area contributed by atoms with Gasteiger partial charge >= 0.3 is 11.9 Å². The van der Waals surface area contributed by atoms with Crippen molar-refractivity contribution in [1.82, 2.24) is 0 Å². The fourth-order valence-corrected chi connectivity index (χ4v) is 2.27. The van der Waals surface area contributed by atoms with Crippen molar-refractivity contribution < 1.29 is 33.0 Å². The van der Waals surface area contributed by atoms with Crippen LogP contribution in [-0.2, 0) is 25.6 Å². The number of amides is 1. The molecular weight excluding hydrogens is 342 g/mol. The second-order valence-electron chi connectivity index (χ2n) is 5.21. The van der Waals surface area contributed by atoms with Crippen molar-refractivity contribution in [1.29, 1.82) is 0 Å². The molecule has 0 aliphatic heterocycles. The minimum atomic E-state index is -0.726. The van der Waals surface area contributed by atoms with Crippen molar-refractivity contribution in [2.24, 2.45) is 0 Å². The summed E-state index contributed by atoms with van der Waals surface area (Å²) in [7, 11) is 3.95. The van der Waals surface area contributed by atoms with Crippen LogP contribution in [0.5, 0.6) is 5.75 Å². The van der Waals surface area contributed by atoms with Gasteiger partial charge in [-0.25, -0.2) is 4.79 Å². The lowest BCUT2D eigenvalue weighted by Gasteiger charge is -2.22. The molecule has 0 aliphatic carbocycles. The molecule has 1 aromatic heterocycles. The van der Waals surface area contributed by atoms with Crippen LogP contribution in [-0.4, -0.2) is 39.2 Å². The van der Waals surface area contributed by atoms with Crippen molar-refractivity contribution in [2.45, 2.75) is 13.0 Å². The van der Waals surface area contributed by atoms with E-state index < -0.39 is 24.3 Å². The third-order valence-corrected chi connectivity index (χ3v) is 3.63. The SMILES string of the molecule is COC(=O)CC(=O)N(Cc1ccc(OC)cc1)c1ccoc1C(=O)OC. The van der Waals surface area contributed by atoms with Crippen molar-refractivity contribution >= 4 is 23.5 Å². The maximum atomic E-state index is 12.6. The van der Waals surface area contributed by atoms with Crippen molar-refractivity contribution in [2.75, 3.05) is 26.2 Å². The zero-order chi connectivity index (χ0) is 19.1. The number of carbonyl (C=O) groups excluding carboxylic acids is 3. The lowest BCUT2D eigenvalue weighted by molar-refractivity contribution is -0.143. The Balaban J connectivity index is 2.35. The zero-order valence-electron chi connectivity index (χ0n) is 14.7. The molecule has 2 aromatic rings. The first-order chi connectivity index (χ1) is 12.5. The molecule has 0 bridgehead atoms. The van der Waals surface area contributed by atoms with Crippen LogP contribution >= 0.6 is 0 Å². The summed E-state index contributed by atoms with van der Waals surface area (Å²) in [5.74, 6) is -1.41. The first kappa shape index (κ1) is 19.0. The molecule has 0 radical (unpaired) electrons. The van der Waals surface area contributed by atoms with Crippen LogP contribution in [0.2, 0.25) is 0 Å². The maximum absolute atomic E-state index is 12.6. The number of furan rings is 1. The van der Waals surface area contributed by atoms with E-state index in [-0.39, 0.29) is 18.0 Å². The Labute approximate surface area is 150 Å². The van der Waals surface area contributed by atoms with Gasteiger partial charge in [0.25, 0.3) is 0 Å². The molecule has 0 spiro atoms. The third kappa shape index (κ3) is 4.41. The molecule has 8 heteroatoms. The van der Waals surface area contributed by atoms with Gasteiger partial charge < -0.3 is 23.5 Å². The van der Waals surface area contributed by atoms with Crippen LogP contribution < -0.4 is 9.64 Å². The highest BCUT2D eigenvalue weighted by atomic mass is 16.5. The van der Waals surface area contributed by atoms with E-state index in [0.29, 0.717) is 5.75 Å². The summed E-state index contributed by atoms with van der Waals surface area (Å²) in [4.78, 5) is 37.3. The molecule has 0 saturated carbocycles. The van der Waals surface area contributed by atoms with E-state index in [2.05, 4.69) is 9.47 Å². The van der Waals surface area contributed by atoms with Crippen LogP contribution in [0.4, 0.5) is 5.69 Å². The quantitative estimate of drug-likeness (QED) is 0.551. The van der Waals surface area contributed by atoms with Gasteiger partial charge in [0.05, 0.1) is 39.8 Å². The molecule has 1 amide bonds. The van der Waals surface area contributed by atoms with Crippen LogP contribution in [0.15, 0.2) is 41.0 Å². The van der Waals surface area contributed by atoms with E-state index >= 15 is 0 Å². The Morgan fingerprint density at radius 3 is 2.27 bits per heavy atom. The second kappa shape index (κ2) is 8.70. The summed E-state index contributed by atoms with van der Waals surface area (Å²) in [6.45, 7) is 0.114. The molecule has 0 atom stereocenters. The van der Waals surface area contributed by atoms with E-state index in [0.717, 1.165) is 5.56 Å². The molecular formula is C18H19NO7. The van der Waals surface area contributed by atoms with Gasteiger partial charge in [0.15, 0.2) is 0 Å². The summed E-state index contributed by atoms with van der Waals surface area (Å²) in [6.07, 6.45) is 0.798. The van der Waals surface area contributed by atoms with E-state index in [1.54, 1.807) is 31.4 Å². The van der Waals surface area contributed by atoms with Crippen LogP contribution in [0.1, 0.15) is 22.5 Å². The van der Waals surface area contributed by atoms with E-state index in [1.807, 2.05) is 0 Å². The Morgan fingerprint density at radius 2 is 1.69 bits per heavy atom. The number of anilines is 1. The highest BCUT2D eigenvalue weighted by molar-refractivity contribution is 6.06. The Kier molecular flexibility index (Phi) is 6.37. The Hall–Kier alpha value is -3.29. The molecule has 2 rings (SSSR count). The minimum absolute atomic E-state index is 0.114. The number of hydrogen-bond donors (Lipinski definition) is 0. The van der Waals surface area contributed by atoms with Crippen molar-refractivity contribution in [3.05, 3.63) is 47.9 Å². The van der Waals surface area contributed by atoms with Gasteiger partial charge in [-0.3, -0.25) is 9.59 Å². The van der Waals surface area contributed by atoms with Gasteiger partial charge in [0, 0.05) is 6.07 Å². The summed E-state index contributed by atoms with van der Waals surface area (Å²) in [5.41, 5.74) is 0.975. The standard InChI is InChI=1S/C18H19NO7/c1-23-13-6-4-12(5-7-13)11-19(15(20)10-16(21)24-2)14-8-9-26-17(14)18(22)25-3/h4-9H,10-11H2,1-3H3. The molecule has 1 heterocycles. The Bertz CT molecular complexity index is 779. The number of nitrogens with zero attached hydrogens (tertiary/aromatic N) is 1. The van der Waals surface area contributed by atoms with Gasteiger partial charge in [-0.15, -0.1) is 0 Å². The first-order valence-electron chi connectivity index (χ1n) is 7.66. The fourth-order valence-electron chi connectivity index (χ4n) is 2.27. The van der Waals surface area contributed by atoms with E-state index in [9.17, 15) is 14.4 Å². The summed E-state index contributed by atoms with van der Waals surface area (Å²) < 4.78 is 19.5. The smallest absolute Gasteiger partial charge is 0.376 e. The predicted molar refractivity (Wildman–Crippen MR) is 90.9 cm³/mol. The fraction of sp³-hybridized carbons (Fsp3) is 0.278. The molecule has 0 aliphatic rings. The van der Waals surface area contributed by atoms with Gasteiger partial charge in [0.2, 0.25) is 11.7 Å². The van der Waals surface area contributed by atoms with E-state index in [4.69, 9.17) is 9.15 Å². The van der Waals surface area contributed by atoms with Crippen LogP contribution in [0.3, 0.4) is 0 Å². The highest BCUT2D eigenvalue weighted by Gasteiger charge is 2.27. The number of ether oxygens (including phenoxy) is 3. The molecule has 0 saturated heterocycles. The lowest BCUT2D eigenvalue weighted by atomic mass is 10.1. The normalized spacial score (nSPS) is 10.1. The largest absolute Gasteiger partial charge is 0.497 e. The summed E-state index contributed by atoms with van der Waals surface area (Å²) in [5, 5.41) is 0. The van der Waals surface area contributed by atoms with Gasteiger partial charge in [-0.05, 0) is 17.7 Å². The number of methoxy groups -OCH3 is 3. The summed E-state index contributed by atoms with van der Waals surface area (Å²) in [6, 6.07) is 8.50. The average Bonchev–Trinajstić information content (AvgIpc) is 3.15. The van der Waals surface area contributed by atoms with Gasteiger partial charge in [0.1, 0.15) is 12.2 Å². The van der Waals surface area contributed by atoms with Gasteiger partial charge in [-0.1, -0.05) is 12.1 Å². The zero-order valence-corrected chi connectivity index (χ0v) is 14.7. The molecule has 138 valence electrons. The lowest BCUT2D eigenvalue weighted by Crippen LogP contribution is -2.33. The molecule has 0 unspecified atom stereocenters. The number of rotatable bonds is 7. The topological polar surface area (TPSA) is 95.3 Å². The number of carbonyl (C=O) groups is 3. The van der Waals surface area contributed by atoms with E-state index in [1.165, 1.54) is 31.4 Å². The van der Waals surface area contributed by atoms with Crippen LogP contribution in [0, 0.1) is 0 Å². The average molecular weight is 361 g/mol. The molecule has 0 fully saturated rings. The first-order valence-corrected chi connectivity index (χ1v) is 7.66. The maximum Gasteiger partial charge on any atom is 0.376 e. The number of benzene rings is 1. The monoisotopic (exact) mass is 361 g/mol. The number of esters is 2. The second-order valence-corrected chi connectivity index (χ2v) is 5.21. The van der Waals surface area contributed by atoms with Crippen molar-refractivity contribution in [3.63, 3.8) is 0 Å².